The fourth-order valence-corrected chi connectivity index (χ4v) is 4.28. The van der Waals surface area contributed by atoms with Crippen LogP contribution >= 0.6 is 23.2 Å². The third-order valence-corrected chi connectivity index (χ3v) is 6.34. The Morgan fingerprint density at radius 3 is 2.57 bits per heavy atom. The summed E-state index contributed by atoms with van der Waals surface area (Å²) in [5.74, 6) is -0.0869. The topological polar surface area (TPSA) is 63.7 Å². The monoisotopic (exact) mass is 553 g/mol. The molecule has 0 radical (unpaired) electrons. The van der Waals surface area contributed by atoms with Crippen molar-refractivity contribution in [2.45, 2.75) is 31.7 Å². The first-order valence-electron chi connectivity index (χ1n) is 11.6. The van der Waals surface area contributed by atoms with Gasteiger partial charge in [-0.1, -0.05) is 23.2 Å². The largest absolute Gasteiger partial charge is 0.416 e. The second kappa shape index (κ2) is 12.1. The summed E-state index contributed by atoms with van der Waals surface area (Å²) < 4.78 is 50.0. The van der Waals surface area contributed by atoms with Gasteiger partial charge in [0.05, 0.1) is 27.9 Å². The molecular formula is C26H24Cl2F3N3O3. The van der Waals surface area contributed by atoms with Crippen molar-refractivity contribution in [2.75, 3.05) is 30.0 Å². The number of amides is 1. The van der Waals surface area contributed by atoms with Crippen molar-refractivity contribution in [3.63, 3.8) is 0 Å². The molecule has 4 rings (SSSR count). The summed E-state index contributed by atoms with van der Waals surface area (Å²) in [5, 5.41) is 3.34. The number of pyridine rings is 1. The number of rotatable bonds is 8. The van der Waals surface area contributed by atoms with E-state index in [9.17, 15) is 18.0 Å². The highest BCUT2D eigenvalue weighted by Crippen LogP contribution is 2.35. The Kier molecular flexibility index (Phi) is 8.91. The van der Waals surface area contributed by atoms with E-state index < -0.39 is 17.6 Å². The fourth-order valence-electron chi connectivity index (χ4n) is 3.84. The number of nitrogens with zero attached hydrogens (tertiary/aromatic N) is 2. The van der Waals surface area contributed by atoms with Crippen molar-refractivity contribution in [2.24, 2.45) is 0 Å². The van der Waals surface area contributed by atoms with E-state index in [0.29, 0.717) is 34.7 Å². The first-order chi connectivity index (χ1) is 17.7. The Labute approximate surface area is 222 Å². The number of ether oxygens (including phenoxy) is 2. The van der Waals surface area contributed by atoms with Crippen molar-refractivity contribution < 1.29 is 27.4 Å². The first kappa shape index (κ1) is 27.2. The van der Waals surface area contributed by atoms with Gasteiger partial charge in [-0.3, -0.25) is 4.79 Å². The summed E-state index contributed by atoms with van der Waals surface area (Å²) in [6.45, 7) is 1.26. The molecule has 1 N–H and O–H groups in total. The number of hydrogen-bond acceptors (Lipinski definition) is 5. The van der Waals surface area contributed by atoms with Gasteiger partial charge >= 0.3 is 6.18 Å². The average molecular weight is 554 g/mol. The van der Waals surface area contributed by atoms with Gasteiger partial charge in [0, 0.05) is 30.6 Å². The molecule has 1 saturated heterocycles. The molecule has 196 valence electrons. The molecule has 2 heterocycles. The summed E-state index contributed by atoms with van der Waals surface area (Å²) >= 11 is 13.0. The molecule has 37 heavy (non-hydrogen) atoms. The minimum atomic E-state index is -4.46. The molecule has 0 spiro atoms. The number of carbonyl (C=O) groups is 1. The number of nitrogens with one attached hydrogen (secondary N) is 1. The smallest absolute Gasteiger partial charge is 0.353 e. The van der Waals surface area contributed by atoms with Gasteiger partial charge in [0.25, 0.3) is 5.91 Å². The van der Waals surface area contributed by atoms with E-state index in [1.807, 2.05) is 0 Å². The molecule has 1 fully saturated rings. The van der Waals surface area contributed by atoms with Crippen LogP contribution in [0.15, 0.2) is 60.8 Å². The fraction of sp³-hybridized carbons (Fsp3) is 0.308. The average Bonchev–Trinajstić information content (AvgIpc) is 2.88. The third-order valence-electron chi connectivity index (χ3n) is 5.72. The van der Waals surface area contributed by atoms with E-state index in [-0.39, 0.29) is 24.1 Å². The Hall–Kier alpha value is -2.85. The number of aromatic nitrogens is 1. The lowest BCUT2D eigenvalue weighted by atomic mass is 10.1. The summed E-state index contributed by atoms with van der Waals surface area (Å²) in [5.41, 5.74) is 0.131. The van der Waals surface area contributed by atoms with Gasteiger partial charge in [-0.15, -0.1) is 0 Å². The first-order valence-corrected chi connectivity index (χ1v) is 12.4. The van der Waals surface area contributed by atoms with Gasteiger partial charge < -0.3 is 19.7 Å². The van der Waals surface area contributed by atoms with Crippen LogP contribution in [-0.2, 0) is 15.7 Å². The van der Waals surface area contributed by atoms with E-state index in [2.05, 4.69) is 10.3 Å². The SMILES string of the molecule is O=C(Nc1ccc(C(F)(F)F)cc1)c1ccc(Cl)c(N(CCOC2CCCCO2)c2ncccc2Cl)c1. The standard InChI is InChI=1S/C26H24Cl2F3N3O3/c27-20-11-6-17(25(35)33-19-9-7-18(8-10-19)26(29,30)31)16-22(20)34(24-21(28)4-3-12-32-24)13-15-37-23-5-1-2-14-36-23/h3-4,6-12,16,23H,1-2,5,13-15H2,(H,33,35). The summed E-state index contributed by atoms with van der Waals surface area (Å²) in [4.78, 5) is 19.1. The molecule has 0 aliphatic carbocycles. The van der Waals surface area contributed by atoms with E-state index in [1.54, 1.807) is 35.4 Å². The minimum Gasteiger partial charge on any atom is -0.353 e. The van der Waals surface area contributed by atoms with Crippen LogP contribution in [0.3, 0.4) is 0 Å². The summed E-state index contributed by atoms with van der Waals surface area (Å²) in [6.07, 6.45) is -0.309. The highest BCUT2D eigenvalue weighted by atomic mass is 35.5. The van der Waals surface area contributed by atoms with Crippen LogP contribution in [-0.4, -0.2) is 36.9 Å². The molecule has 1 aliphatic heterocycles. The predicted octanol–water partition coefficient (Wildman–Crippen LogP) is 7.34. The van der Waals surface area contributed by atoms with Crippen LogP contribution < -0.4 is 10.2 Å². The van der Waals surface area contributed by atoms with Crippen LogP contribution in [0.2, 0.25) is 10.0 Å². The Morgan fingerprint density at radius 1 is 1.11 bits per heavy atom. The third kappa shape index (κ3) is 7.13. The highest BCUT2D eigenvalue weighted by molar-refractivity contribution is 6.35. The number of alkyl halides is 3. The van der Waals surface area contributed by atoms with Crippen molar-refractivity contribution >= 4 is 46.3 Å². The molecule has 1 amide bonds. The molecule has 11 heteroatoms. The van der Waals surface area contributed by atoms with E-state index >= 15 is 0 Å². The minimum absolute atomic E-state index is 0.222. The summed E-state index contributed by atoms with van der Waals surface area (Å²) in [7, 11) is 0. The van der Waals surface area contributed by atoms with Crippen molar-refractivity contribution in [1.82, 2.24) is 4.98 Å². The Bertz CT molecular complexity index is 1220. The lowest BCUT2D eigenvalue weighted by Crippen LogP contribution is -2.29. The zero-order valence-corrected chi connectivity index (χ0v) is 21.1. The Balaban J connectivity index is 1.55. The maximum atomic E-state index is 12.9. The molecule has 1 aromatic heterocycles. The summed E-state index contributed by atoms with van der Waals surface area (Å²) in [6, 6.07) is 12.3. The van der Waals surface area contributed by atoms with Gasteiger partial charge in [0.1, 0.15) is 0 Å². The molecule has 3 aromatic rings. The van der Waals surface area contributed by atoms with Crippen LogP contribution in [0.1, 0.15) is 35.2 Å². The zero-order valence-electron chi connectivity index (χ0n) is 19.6. The maximum absolute atomic E-state index is 12.9. The Morgan fingerprint density at radius 2 is 1.89 bits per heavy atom. The molecule has 0 saturated carbocycles. The highest BCUT2D eigenvalue weighted by Gasteiger charge is 2.30. The van der Waals surface area contributed by atoms with E-state index in [4.69, 9.17) is 32.7 Å². The maximum Gasteiger partial charge on any atom is 0.416 e. The van der Waals surface area contributed by atoms with E-state index in [1.165, 1.54) is 18.2 Å². The van der Waals surface area contributed by atoms with Gasteiger partial charge in [-0.05, 0) is 73.9 Å². The normalized spacial score (nSPS) is 15.9. The second-order valence-corrected chi connectivity index (χ2v) is 9.14. The number of halogens is 5. The molecule has 1 atom stereocenters. The van der Waals surface area contributed by atoms with Crippen LogP contribution in [0.4, 0.5) is 30.4 Å². The second-order valence-electron chi connectivity index (χ2n) is 8.32. The number of benzene rings is 2. The number of anilines is 3. The quantitative estimate of drug-likeness (QED) is 0.316. The van der Waals surface area contributed by atoms with Crippen molar-refractivity contribution in [3.8, 4) is 0 Å². The zero-order chi connectivity index (χ0) is 26.4. The molecule has 0 bridgehead atoms. The van der Waals surface area contributed by atoms with Crippen molar-refractivity contribution in [1.29, 1.82) is 0 Å². The molecule has 1 aliphatic rings. The van der Waals surface area contributed by atoms with Crippen LogP contribution in [0.25, 0.3) is 0 Å². The van der Waals surface area contributed by atoms with Gasteiger partial charge in [0.15, 0.2) is 12.1 Å². The van der Waals surface area contributed by atoms with Crippen molar-refractivity contribution in [3.05, 3.63) is 82.0 Å². The lowest BCUT2D eigenvalue weighted by molar-refractivity contribution is -0.160. The molecular weight excluding hydrogens is 530 g/mol. The van der Waals surface area contributed by atoms with Crippen LogP contribution in [0.5, 0.6) is 0 Å². The van der Waals surface area contributed by atoms with Crippen LogP contribution in [0, 0.1) is 0 Å². The molecule has 2 aromatic carbocycles. The molecule has 6 nitrogen and oxygen atoms in total. The van der Waals surface area contributed by atoms with Gasteiger partial charge in [-0.25, -0.2) is 4.98 Å². The lowest BCUT2D eigenvalue weighted by Gasteiger charge is -2.28. The molecule has 1 unspecified atom stereocenters. The van der Waals surface area contributed by atoms with Gasteiger partial charge in [0.2, 0.25) is 0 Å². The van der Waals surface area contributed by atoms with Gasteiger partial charge in [-0.2, -0.15) is 13.2 Å². The number of hydrogen-bond donors (Lipinski definition) is 1. The predicted molar refractivity (Wildman–Crippen MR) is 137 cm³/mol. The number of carbonyl (C=O) groups excluding carboxylic acids is 1. The van der Waals surface area contributed by atoms with E-state index in [0.717, 1.165) is 31.4 Å².